The second-order valence-electron chi connectivity index (χ2n) is 6.57. The van der Waals surface area contributed by atoms with Crippen LogP contribution >= 0.6 is 0 Å². The van der Waals surface area contributed by atoms with Gasteiger partial charge in [0.05, 0.1) is 6.54 Å². The zero-order valence-corrected chi connectivity index (χ0v) is 13.6. The summed E-state index contributed by atoms with van der Waals surface area (Å²) < 4.78 is 24.1. The third-order valence-electron chi connectivity index (χ3n) is 3.37. The molecule has 2 rings (SSSR count). The smallest absolute Gasteiger partial charge is 0.410 e. The van der Waals surface area contributed by atoms with Crippen molar-refractivity contribution in [1.29, 1.82) is 0 Å². The van der Waals surface area contributed by atoms with E-state index in [4.69, 9.17) is 9.47 Å². The Balaban J connectivity index is 1.98. The Hall–Kier alpha value is -2.11. The van der Waals surface area contributed by atoms with E-state index in [0.717, 1.165) is 10.5 Å². The van der Waals surface area contributed by atoms with Crippen LogP contribution in [-0.4, -0.2) is 41.3 Å². The van der Waals surface area contributed by atoms with Crippen LogP contribution in [0.15, 0.2) is 30.3 Å². The molecule has 0 saturated carbocycles. The molecule has 1 heterocycles. The molecule has 126 valence electrons. The first-order valence-corrected chi connectivity index (χ1v) is 7.60. The molecule has 0 radical (unpaired) electrons. The molecule has 1 saturated heterocycles. The highest BCUT2D eigenvalue weighted by molar-refractivity contribution is 5.82. The fraction of sp³-hybridized carbons (Fsp3) is 0.529. The van der Waals surface area contributed by atoms with Crippen LogP contribution in [0.1, 0.15) is 32.8 Å². The van der Waals surface area contributed by atoms with E-state index in [1.165, 1.54) is 0 Å². The highest BCUT2D eigenvalue weighted by Gasteiger charge is 2.42. The van der Waals surface area contributed by atoms with Crippen molar-refractivity contribution >= 4 is 12.1 Å². The number of likely N-dealkylation sites (tertiary alicyclic amines) is 1. The first-order chi connectivity index (χ1) is 10.8. The number of ether oxygens (including phenoxy) is 2. The van der Waals surface area contributed by atoms with Gasteiger partial charge in [0.1, 0.15) is 24.4 Å². The third kappa shape index (κ3) is 4.94. The Morgan fingerprint density at radius 1 is 1.26 bits per heavy atom. The molecule has 1 aromatic rings. The van der Waals surface area contributed by atoms with E-state index < -0.39 is 29.9 Å². The Kier molecular flexibility index (Phi) is 5.23. The number of hydrogen-bond acceptors (Lipinski definition) is 4. The molecule has 0 spiro atoms. The zero-order chi connectivity index (χ0) is 17.0. The molecule has 0 N–H and O–H groups in total. The largest absolute Gasteiger partial charge is 0.458 e. The van der Waals surface area contributed by atoms with Crippen molar-refractivity contribution in [2.45, 2.75) is 51.6 Å². The minimum atomic E-state index is -1.25. The quantitative estimate of drug-likeness (QED) is 0.802. The SMILES string of the molecule is CC(C)(C)OC(=O)[C@@H]1CC(F)CN1C(=O)OCc1ccccc1. The van der Waals surface area contributed by atoms with Crippen LogP contribution in [-0.2, 0) is 20.9 Å². The second kappa shape index (κ2) is 6.98. The zero-order valence-electron chi connectivity index (χ0n) is 13.6. The number of benzene rings is 1. The van der Waals surface area contributed by atoms with E-state index in [-0.39, 0.29) is 19.6 Å². The van der Waals surface area contributed by atoms with E-state index in [2.05, 4.69) is 0 Å². The molecule has 6 heteroatoms. The van der Waals surface area contributed by atoms with Crippen LogP contribution in [0.25, 0.3) is 0 Å². The average molecular weight is 323 g/mol. The van der Waals surface area contributed by atoms with E-state index >= 15 is 0 Å². The third-order valence-corrected chi connectivity index (χ3v) is 3.37. The minimum absolute atomic E-state index is 0.0602. The number of nitrogens with zero attached hydrogens (tertiary/aromatic N) is 1. The van der Waals surface area contributed by atoms with Gasteiger partial charge in [-0.1, -0.05) is 30.3 Å². The Morgan fingerprint density at radius 3 is 2.52 bits per heavy atom. The van der Waals surface area contributed by atoms with Crippen LogP contribution in [0.2, 0.25) is 0 Å². The van der Waals surface area contributed by atoms with Gasteiger partial charge in [0.2, 0.25) is 0 Å². The van der Waals surface area contributed by atoms with Crippen LogP contribution < -0.4 is 0 Å². The monoisotopic (exact) mass is 323 g/mol. The topological polar surface area (TPSA) is 55.8 Å². The standard InChI is InChI=1S/C17H22FNO4/c1-17(2,3)23-15(20)14-9-13(18)10-19(14)16(21)22-11-12-7-5-4-6-8-12/h4-8,13-14H,9-11H2,1-3H3/t13?,14-/m0/s1. The number of rotatable bonds is 3. The van der Waals surface area contributed by atoms with Crippen LogP contribution in [0.3, 0.4) is 0 Å². The van der Waals surface area contributed by atoms with Crippen molar-refractivity contribution in [1.82, 2.24) is 4.90 Å². The molecule has 0 aromatic heterocycles. The molecule has 5 nitrogen and oxygen atoms in total. The van der Waals surface area contributed by atoms with E-state index in [0.29, 0.717) is 0 Å². The normalized spacial score (nSPS) is 21.1. The minimum Gasteiger partial charge on any atom is -0.458 e. The number of amides is 1. The maximum atomic E-state index is 13.7. The molecule has 23 heavy (non-hydrogen) atoms. The number of alkyl halides is 1. The van der Waals surface area contributed by atoms with E-state index in [1.54, 1.807) is 20.8 Å². The lowest BCUT2D eigenvalue weighted by atomic mass is 10.1. The highest BCUT2D eigenvalue weighted by atomic mass is 19.1. The second-order valence-corrected chi connectivity index (χ2v) is 6.57. The van der Waals surface area contributed by atoms with Gasteiger partial charge in [-0.2, -0.15) is 0 Å². The van der Waals surface area contributed by atoms with Crippen molar-refractivity contribution < 1.29 is 23.5 Å². The lowest BCUT2D eigenvalue weighted by Crippen LogP contribution is -2.43. The van der Waals surface area contributed by atoms with Crippen molar-refractivity contribution in [3.05, 3.63) is 35.9 Å². The van der Waals surface area contributed by atoms with Gasteiger partial charge in [0, 0.05) is 6.42 Å². The average Bonchev–Trinajstić information content (AvgIpc) is 2.86. The Bertz CT molecular complexity index is 555. The summed E-state index contributed by atoms with van der Waals surface area (Å²) in [4.78, 5) is 25.4. The maximum absolute atomic E-state index is 13.7. The van der Waals surface area contributed by atoms with Gasteiger partial charge in [0.15, 0.2) is 0 Å². The summed E-state index contributed by atoms with van der Waals surface area (Å²) >= 11 is 0. The Morgan fingerprint density at radius 2 is 1.91 bits per heavy atom. The molecule has 1 aliphatic heterocycles. The summed E-state index contributed by atoms with van der Waals surface area (Å²) in [6, 6.07) is 8.23. The Labute approximate surface area is 135 Å². The number of halogens is 1. The van der Waals surface area contributed by atoms with E-state index in [9.17, 15) is 14.0 Å². The van der Waals surface area contributed by atoms with Crippen molar-refractivity contribution in [3.63, 3.8) is 0 Å². The van der Waals surface area contributed by atoms with Gasteiger partial charge in [-0.15, -0.1) is 0 Å². The summed E-state index contributed by atoms with van der Waals surface area (Å²) in [7, 11) is 0. The molecule has 2 atom stereocenters. The van der Waals surface area contributed by atoms with Gasteiger partial charge in [-0.3, -0.25) is 4.90 Å². The summed E-state index contributed by atoms with van der Waals surface area (Å²) in [6.45, 7) is 5.10. The number of carbonyl (C=O) groups is 2. The first-order valence-electron chi connectivity index (χ1n) is 7.60. The van der Waals surface area contributed by atoms with Gasteiger partial charge in [0.25, 0.3) is 0 Å². The van der Waals surface area contributed by atoms with Gasteiger partial charge in [-0.05, 0) is 26.3 Å². The van der Waals surface area contributed by atoms with E-state index in [1.807, 2.05) is 30.3 Å². The highest BCUT2D eigenvalue weighted by Crippen LogP contribution is 2.24. The van der Waals surface area contributed by atoms with Crippen LogP contribution in [0, 0.1) is 0 Å². The summed E-state index contributed by atoms with van der Waals surface area (Å²) in [5.41, 5.74) is 0.135. The van der Waals surface area contributed by atoms with Crippen LogP contribution in [0.5, 0.6) is 0 Å². The summed E-state index contributed by atoms with van der Waals surface area (Å²) in [5, 5.41) is 0. The number of esters is 1. The predicted molar refractivity (Wildman–Crippen MR) is 82.5 cm³/mol. The molecular formula is C17H22FNO4. The summed E-state index contributed by atoms with van der Waals surface area (Å²) in [5.74, 6) is -0.602. The van der Waals surface area contributed by atoms with Crippen molar-refractivity contribution in [2.24, 2.45) is 0 Å². The van der Waals surface area contributed by atoms with Crippen molar-refractivity contribution in [2.75, 3.05) is 6.54 Å². The predicted octanol–water partition coefficient (Wildman–Crippen LogP) is 3.08. The van der Waals surface area contributed by atoms with Gasteiger partial charge < -0.3 is 9.47 Å². The number of carbonyl (C=O) groups excluding carboxylic acids is 2. The first kappa shape index (κ1) is 17.2. The number of hydrogen-bond donors (Lipinski definition) is 0. The molecule has 1 fully saturated rings. The fourth-order valence-corrected chi connectivity index (χ4v) is 2.38. The molecule has 0 bridgehead atoms. The lowest BCUT2D eigenvalue weighted by molar-refractivity contribution is -0.159. The van der Waals surface area contributed by atoms with Crippen molar-refractivity contribution in [3.8, 4) is 0 Å². The van der Waals surface area contributed by atoms with Gasteiger partial charge >= 0.3 is 12.1 Å². The maximum Gasteiger partial charge on any atom is 0.410 e. The molecular weight excluding hydrogens is 301 g/mol. The molecule has 0 aliphatic carbocycles. The molecule has 1 aliphatic rings. The molecule has 1 amide bonds. The summed E-state index contributed by atoms with van der Waals surface area (Å²) in [6.07, 6.45) is -2.02. The van der Waals surface area contributed by atoms with Gasteiger partial charge in [-0.25, -0.2) is 14.0 Å². The lowest BCUT2D eigenvalue weighted by Gasteiger charge is -2.26. The molecule has 1 unspecified atom stereocenters. The molecule has 1 aromatic carbocycles. The van der Waals surface area contributed by atoms with Crippen LogP contribution in [0.4, 0.5) is 9.18 Å². The fourth-order valence-electron chi connectivity index (χ4n) is 2.38.